The Hall–Kier alpha value is -7.10. The van der Waals surface area contributed by atoms with Crippen molar-refractivity contribution in [2.45, 2.75) is 312 Å². The molecule has 4 aliphatic rings. The van der Waals surface area contributed by atoms with Crippen LogP contribution in [0.3, 0.4) is 0 Å². The number of allylic oxidation sites excluding steroid dienone is 4. The number of hydrogen-bond acceptors (Lipinski definition) is 5. The van der Waals surface area contributed by atoms with E-state index in [2.05, 4.69) is 172 Å². The summed E-state index contributed by atoms with van der Waals surface area (Å²) < 4.78 is 0. The first-order chi connectivity index (χ1) is 49.8. The molecule has 0 unspecified atom stereocenters. The van der Waals surface area contributed by atoms with Gasteiger partial charge >= 0.3 is 0 Å². The largest absolute Gasteiger partial charge is 0.354 e. The van der Waals surface area contributed by atoms with Gasteiger partial charge < -0.3 is 19.9 Å². The zero-order valence-electron chi connectivity index (χ0n) is 63.7. The van der Waals surface area contributed by atoms with E-state index in [9.17, 15) is 0 Å². The summed E-state index contributed by atoms with van der Waals surface area (Å²) in [5.74, 6) is 0. The molecule has 11 rings (SSSR count). The smallest absolute Gasteiger partial charge is 0.0961 e. The number of thiophene rings is 1. The molecule has 0 aromatic carbocycles. The van der Waals surface area contributed by atoms with Gasteiger partial charge in [0.25, 0.3) is 0 Å². The minimum absolute atomic E-state index is 0.955. The molecule has 101 heavy (non-hydrogen) atoms. The molecule has 9 heteroatoms. The van der Waals surface area contributed by atoms with Crippen LogP contribution in [0.1, 0.15) is 364 Å². The van der Waals surface area contributed by atoms with Crippen LogP contribution in [0, 0.1) is 0 Å². The van der Waals surface area contributed by atoms with E-state index < -0.39 is 0 Å². The molecule has 0 saturated heterocycles. The van der Waals surface area contributed by atoms with Crippen molar-refractivity contribution in [2.75, 3.05) is 0 Å². The number of rotatable bonds is 42. The minimum Gasteiger partial charge on any atom is -0.354 e. The SMILES string of the molecule is CCCCCCC1=Cc2nc1ccc1[nH]c(cc1CCCCCC)c1nc(ccc3[nH]c2cc3CCCCCC)C(CCCCCC)=C1c1ccc(C2=C(CCCCCC)c3ccc4[nH]c(cc4CCCCCC)c4nc(ccc5[nH]c(cc5CCCCCC)c2n3)C(CCCCCC)=C4)s1. The number of fused-ring (bicyclic) bond motifs is 20. The number of aromatic nitrogens is 8. The van der Waals surface area contributed by atoms with Crippen molar-refractivity contribution in [3.05, 3.63) is 162 Å². The first-order valence-electron chi connectivity index (χ1n) is 41.2. The highest BCUT2D eigenvalue weighted by atomic mass is 32.1. The van der Waals surface area contributed by atoms with Gasteiger partial charge in [0.15, 0.2) is 0 Å². The average Bonchev–Trinajstić information content (AvgIpc) is 1.60. The molecule has 7 aromatic heterocycles. The monoisotopic (exact) mass is 1370 g/mol. The summed E-state index contributed by atoms with van der Waals surface area (Å²) >= 11 is 1.96. The Morgan fingerprint density at radius 3 is 0.851 bits per heavy atom. The standard InChI is InChI=1S/C92H124N8S/c1-9-17-25-33-41-65-59-81-83-61-67(43-35-27-19-11-3)75(95-83)53-55-79-71(47-39-31-23-15-7)89(91(99-79)85-63-69(45-37-29-21-13-5)77(97-85)51-49-73(65)93-81)87-57-58-88(101-87)90-72(48-40-32-24-16-8)80-56-54-76-68(44-36-28-20-12-4)62-84(96-76)82-60-66(42-34-26-18-10-2)74(94-82)50-52-78-70(46-38-30-22-14-6)64-86(98-78)92(90)100-80/h49-64,95-98H,9-48H2,1-8H3. The summed E-state index contributed by atoms with van der Waals surface area (Å²) in [6, 6.07) is 33.6. The van der Waals surface area contributed by atoms with Gasteiger partial charge in [-0.2, -0.15) is 0 Å². The van der Waals surface area contributed by atoms with Gasteiger partial charge in [-0.05, 0) is 244 Å². The zero-order valence-corrected chi connectivity index (χ0v) is 64.5. The number of H-pyrrole nitrogens is 4. The number of unbranched alkanes of at least 4 members (excludes halogenated alkanes) is 24. The second kappa shape index (κ2) is 39.0. The molecule has 4 N–H and O–H groups in total. The summed E-state index contributed by atoms with van der Waals surface area (Å²) in [7, 11) is 0. The van der Waals surface area contributed by atoms with Crippen molar-refractivity contribution in [1.29, 1.82) is 0 Å². The molecule has 0 aliphatic carbocycles. The highest BCUT2D eigenvalue weighted by Gasteiger charge is 2.29. The van der Waals surface area contributed by atoms with Crippen LogP contribution >= 0.6 is 11.3 Å². The van der Waals surface area contributed by atoms with Gasteiger partial charge in [0.05, 0.1) is 67.6 Å². The van der Waals surface area contributed by atoms with E-state index in [0.717, 1.165) is 145 Å². The normalized spacial score (nSPS) is 13.2. The predicted molar refractivity (Wildman–Crippen MR) is 440 cm³/mol. The van der Waals surface area contributed by atoms with Crippen LogP contribution in [-0.4, -0.2) is 39.9 Å². The summed E-state index contributed by atoms with van der Waals surface area (Å²) in [4.78, 5) is 41.7. The Kier molecular flexibility index (Phi) is 29.0. The molecule has 4 aliphatic heterocycles. The lowest BCUT2D eigenvalue weighted by atomic mass is 9.96. The molecule has 0 radical (unpaired) electrons. The number of nitrogens with one attached hydrogen (secondary N) is 4. The van der Waals surface area contributed by atoms with E-state index >= 15 is 0 Å². The molecule has 0 spiro atoms. The van der Waals surface area contributed by atoms with Crippen molar-refractivity contribution < 1.29 is 0 Å². The molecular formula is C92H124N8S. The van der Waals surface area contributed by atoms with Gasteiger partial charge in [0, 0.05) is 43.0 Å². The highest BCUT2D eigenvalue weighted by molar-refractivity contribution is 7.14. The van der Waals surface area contributed by atoms with Crippen molar-refractivity contribution in [3.63, 3.8) is 0 Å². The fourth-order valence-corrected chi connectivity index (χ4v) is 17.0. The maximum Gasteiger partial charge on any atom is 0.0961 e. The van der Waals surface area contributed by atoms with Gasteiger partial charge in [-0.25, -0.2) is 19.9 Å². The van der Waals surface area contributed by atoms with Crippen LogP contribution in [0.15, 0.2) is 84.9 Å². The zero-order chi connectivity index (χ0) is 70.1. The first kappa shape index (κ1) is 75.1. The molecule has 0 saturated carbocycles. The molecule has 8 nitrogen and oxygen atoms in total. The molecule has 7 aromatic rings. The number of aromatic amines is 4. The van der Waals surface area contributed by atoms with E-state index in [1.807, 2.05) is 11.3 Å². The van der Waals surface area contributed by atoms with Crippen molar-refractivity contribution in [2.24, 2.45) is 0 Å². The Morgan fingerprint density at radius 2 is 0.535 bits per heavy atom. The number of nitrogens with zero attached hydrogens (tertiary/aromatic N) is 4. The van der Waals surface area contributed by atoms with Gasteiger partial charge in [0.2, 0.25) is 0 Å². The van der Waals surface area contributed by atoms with Crippen LogP contribution in [0.2, 0.25) is 0 Å². The third-order valence-corrected chi connectivity index (χ3v) is 22.9. The predicted octanol–water partition coefficient (Wildman–Crippen LogP) is 28.4. The van der Waals surface area contributed by atoms with Crippen LogP contribution in [0.4, 0.5) is 0 Å². The molecule has 0 amide bonds. The van der Waals surface area contributed by atoms with Crippen LogP contribution in [0.5, 0.6) is 0 Å². The van der Waals surface area contributed by atoms with Crippen molar-refractivity contribution >= 4 is 101 Å². The van der Waals surface area contributed by atoms with E-state index in [-0.39, 0.29) is 0 Å². The van der Waals surface area contributed by atoms with Crippen LogP contribution in [0.25, 0.3) is 89.7 Å². The number of aryl methyl sites for hydroxylation is 4. The molecule has 16 bridgehead atoms. The second-order valence-corrected chi connectivity index (χ2v) is 31.1. The molecule has 11 heterocycles. The quantitative estimate of drug-likeness (QED) is 0.0285. The molecule has 0 fully saturated rings. The Labute approximate surface area is 611 Å². The molecule has 538 valence electrons. The summed E-state index contributed by atoms with van der Waals surface area (Å²) in [6.45, 7) is 18.6. The van der Waals surface area contributed by atoms with Gasteiger partial charge in [0.1, 0.15) is 0 Å². The Balaban J connectivity index is 1.15. The van der Waals surface area contributed by atoms with E-state index in [4.69, 9.17) is 19.9 Å². The lowest BCUT2D eigenvalue weighted by molar-refractivity contribution is 0.668. The first-order valence-corrected chi connectivity index (χ1v) is 42.0. The average molecular weight is 1370 g/mol. The van der Waals surface area contributed by atoms with E-state index in [1.54, 1.807) is 0 Å². The van der Waals surface area contributed by atoms with E-state index in [0.29, 0.717) is 0 Å². The topological polar surface area (TPSA) is 115 Å². The minimum atomic E-state index is 0.955. The van der Waals surface area contributed by atoms with Crippen LogP contribution in [-0.2, 0) is 25.7 Å². The lowest BCUT2D eigenvalue weighted by Gasteiger charge is -2.09. The lowest BCUT2D eigenvalue weighted by Crippen LogP contribution is -1.89. The summed E-state index contributed by atoms with van der Waals surface area (Å²) in [6.07, 6.45) is 51.5. The third kappa shape index (κ3) is 19.6. The summed E-state index contributed by atoms with van der Waals surface area (Å²) in [5.41, 5.74) is 31.1. The third-order valence-electron chi connectivity index (χ3n) is 21.8. The number of hydrogen-bond donors (Lipinski definition) is 4. The van der Waals surface area contributed by atoms with Crippen molar-refractivity contribution in [3.8, 4) is 0 Å². The maximum absolute atomic E-state index is 5.95. The van der Waals surface area contributed by atoms with Crippen LogP contribution < -0.4 is 0 Å². The molecular weight excluding hydrogens is 1250 g/mol. The Bertz CT molecular complexity index is 4060. The van der Waals surface area contributed by atoms with E-state index in [1.165, 1.54) is 267 Å². The maximum atomic E-state index is 5.95. The van der Waals surface area contributed by atoms with Gasteiger partial charge in [-0.1, -0.05) is 209 Å². The summed E-state index contributed by atoms with van der Waals surface area (Å²) in [5, 5.41) is 0. The van der Waals surface area contributed by atoms with Crippen molar-refractivity contribution in [1.82, 2.24) is 39.9 Å². The molecule has 0 atom stereocenters. The fraction of sp³-hybridized carbons (Fsp3) is 0.522. The van der Waals surface area contributed by atoms with Gasteiger partial charge in [-0.15, -0.1) is 11.3 Å². The second-order valence-electron chi connectivity index (χ2n) is 30.0. The Morgan fingerprint density at radius 1 is 0.257 bits per heavy atom. The van der Waals surface area contributed by atoms with Gasteiger partial charge in [-0.3, -0.25) is 0 Å². The highest BCUT2D eigenvalue weighted by Crippen LogP contribution is 2.48. The fourth-order valence-electron chi connectivity index (χ4n) is 15.8.